The summed E-state index contributed by atoms with van der Waals surface area (Å²) < 4.78 is 0. The SMILES string of the molecule is CCC(CC(=N)N)NC(=O)NC1CCCCC1. The molecule has 0 aromatic carbocycles. The molecule has 1 unspecified atom stereocenters. The Bertz CT molecular complexity index is 261. The Morgan fingerprint density at radius 3 is 2.59 bits per heavy atom. The van der Waals surface area contributed by atoms with Crippen LogP contribution in [0.2, 0.25) is 0 Å². The van der Waals surface area contributed by atoms with Gasteiger partial charge >= 0.3 is 6.03 Å². The first kappa shape index (κ1) is 13.8. The van der Waals surface area contributed by atoms with Gasteiger partial charge in [-0.25, -0.2) is 4.79 Å². The highest BCUT2D eigenvalue weighted by molar-refractivity contribution is 5.79. The molecule has 0 aliphatic heterocycles. The van der Waals surface area contributed by atoms with Gasteiger partial charge in [-0.05, 0) is 19.3 Å². The molecular weight excluding hydrogens is 216 g/mol. The molecule has 1 fully saturated rings. The van der Waals surface area contributed by atoms with Crippen molar-refractivity contribution in [2.75, 3.05) is 0 Å². The van der Waals surface area contributed by atoms with Crippen molar-refractivity contribution in [3.05, 3.63) is 0 Å². The number of urea groups is 1. The fourth-order valence-electron chi connectivity index (χ4n) is 2.22. The van der Waals surface area contributed by atoms with Gasteiger partial charge in [-0.3, -0.25) is 5.41 Å². The van der Waals surface area contributed by atoms with Gasteiger partial charge in [-0.1, -0.05) is 26.2 Å². The molecule has 0 aromatic heterocycles. The molecule has 0 spiro atoms. The molecular formula is C12H24N4O. The lowest BCUT2D eigenvalue weighted by atomic mass is 9.96. The predicted octanol–water partition coefficient (Wildman–Crippen LogP) is 1.72. The fraction of sp³-hybridized carbons (Fsp3) is 0.833. The average molecular weight is 240 g/mol. The number of hydrogen-bond donors (Lipinski definition) is 4. The van der Waals surface area contributed by atoms with Crippen LogP contribution in [0.3, 0.4) is 0 Å². The first-order chi connectivity index (χ1) is 8.11. The second kappa shape index (κ2) is 7.14. The highest BCUT2D eigenvalue weighted by Crippen LogP contribution is 2.17. The van der Waals surface area contributed by atoms with E-state index < -0.39 is 0 Å². The molecule has 0 bridgehead atoms. The maximum absolute atomic E-state index is 11.7. The molecule has 5 nitrogen and oxygen atoms in total. The van der Waals surface area contributed by atoms with E-state index in [1.165, 1.54) is 19.3 Å². The molecule has 1 rings (SSSR count). The number of rotatable bonds is 5. The summed E-state index contributed by atoms with van der Waals surface area (Å²) in [5, 5.41) is 13.1. The molecule has 0 aromatic rings. The van der Waals surface area contributed by atoms with Crippen molar-refractivity contribution in [3.8, 4) is 0 Å². The minimum atomic E-state index is -0.120. The summed E-state index contributed by atoms with van der Waals surface area (Å²) in [5.41, 5.74) is 5.34. The van der Waals surface area contributed by atoms with Gasteiger partial charge in [0.05, 0.1) is 5.84 Å². The van der Waals surface area contributed by atoms with Crippen molar-refractivity contribution in [1.29, 1.82) is 5.41 Å². The Hall–Kier alpha value is -1.26. The Balaban J connectivity index is 2.28. The smallest absolute Gasteiger partial charge is 0.315 e. The monoisotopic (exact) mass is 240 g/mol. The van der Waals surface area contributed by atoms with E-state index in [1.54, 1.807) is 0 Å². The van der Waals surface area contributed by atoms with E-state index in [1.807, 2.05) is 6.92 Å². The summed E-state index contributed by atoms with van der Waals surface area (Å²) in [4.78, 5) is 11.7. The van der Waals surface area contributed by atoms with Gasteiger partial charge in [-0.2, -0.15) is 0 Å². The number of amides is 2. The van der Waals surface area contributed by atoms with Crippen molar-refractivity contribution in [2.45, 2.75) is 64.0 Å². The van der Waals surface area contributed by atoms with E-state index in [0.717, 1.165) is 19.3 Å². The average Bonchev–Trinajstić information content (AvgIpc) is 2.28. The van der Waals surface area contributed by atoms with Crippen molar-refractivity contribution in [3.63, 3.8) is 0 Å². The topological polar surface area (TPSA) is 91.0 Å². The zero-order chi connectivity index (χ0) is 12.7. The molecule has 0 heterocycles. The van der Waals surface area contributed by atoms with Crippen LogP contribution in [0.25, 0.3) is 0 Å². The van der Waals surface area contributed by atoms with Crippen LogP contribution < -0.4 is 16.4 Å². The lowest BCUT2D eigenvalue weighted by molar-refractivity contribution is 0.228. The van der Waals surface area contributed by atoms with E-state index in [4.69, 9.17) is 11.1 Å². The van der Waals surface area contributed by atoms with E-state index in [9.17, 15) is 4.79 Å². The number of carbonyl (C=O) groups excluding carboxylic acids is 1. The van der Waals surface area contributed by atoms with Crippen LogP contribution in [0, 0.1) is 5.41 Å². The summed E-state index contributed by atoms with van der Waals surface area (Å²) in [5.74, 6) is 0.120. The van der Waals surface area contributed by atoms with Crippen molar-refractivity contribution < 1.29 is 4.79 Å². The lowest BCUT2D eigenvalue weighted by Gasteiger charge is -2.24. The van der Waals surface area contributed by atoms with Crippen LogP contribution in [-0.4, -0.2) is 24.0 Å². The molecule has 0 saturated heterocycles. The number of hydrogen-bond acceptors (Lipinski definition) is 2. The Labute approximate surface area is 103 Å². The molecule has 1 atom stereocenters. The third kappa shape index (κ3) is 5.56. The van der Waals surface area contributed by atoms with Crippen LogP contribution in [0.1, 0.15) is 51.9 Å². The van der Waals surface area contributed by atoms with E-state index in [0.29, 0.717) is 12.5 Å². The lowest BCUT2D eigenvalue weighted by Crippen LogP contribution is -2.47. The van der Waals surface area contributed by atoms with Crippen LogP contribution in [0.15, 0.2) is 0 Å². The molecule has 5 heteroatoms. The molecule has 1 aliphatic carbocycles. The van der Waals surface area contributed by atoms with Gasteiger partial charge in [0, 0.05) is 18.5 Å². The Morgan fingerprint density at radius 2 is 2.06 bits per heavy atom. The van der Waals surface area contributed by atoms with Gasteiger partial charge in [0.15, 0.2) is 0 Å². The molecule has 98 valence electrons. The Kier molecular flexibility index (Phi) is 5.80. The van der Waals surface area contributed by atoms with Crippen molar-refractivity contribution >= 4 is 11.9 Å². The minimum absolute atomic E-state index is 0.0314. The highest BCUT2D eigenvalue weighted by atomic mass is 16.2. The molecule has 2 amide bonds. The van der Waals surface area contributed by atoms with Crippen LogP contribution in [0.5, 0.6) is 0 Å². The second-order valence-electron chi connectivity index (χ2n) is 4.79. The number of amidine groups is 1. The van der Waals surface area contributed by atoms with Crippen molar-refractivity contribution in [2.24, 2.45) is 5.73 Å². The van der Waals surface area contributed by atoms with Crippen LogP contribution in [0.4, 0.5) is 4.79 Å². The normalized spacial score (nSPS) is 18.4. The van der Waals surface area contributed by atoms with Gasteiger partial charge < -0.3 is 16.4 Å². The minimum Gasteiger partial charge on any atom is -0.388 e. The number of carbonyl (C=O) groups is 1. The summed E-state index contributed by atoms with van der Waals surface area (Å²) in [6, 6.07) is 0.166. The number of nitrogens with one attached hydrogen (secondary N) is 3. The fourth-order valence-corrected chi connectivity index (χ4v) is 2.22. The van der Waals surface area contributed by atoms with E-state index in [2.05, 4.69) is 10.6 Å². The van der Waals surface area contributed by atoms with Gasteiger partial charge in [0.2, 0.25) is 0 Å². The zero-order valence-electron chi connectivity index (χ0n) is 10.6. The first-order valence-electron chi connectivity index (χ1n) is 6.51. The van der Waals surface area contributed by atoms with Crippen LogP contribution >= 0.6 is 0 Å². The molecule has 1 aliphatic rings. The van der Waals surface area contributed by atoms with Crippen LogP contribution in [-0.2, 0) is 0 Å². The van der Waals surface area contributed by atoms with Gasteiger partial charge in [0.25, 0.3) is 0 Å². The van der Waals surface area contributed by atoms with E-state index >= 15 is 0 Å². The summed E-state index contributed by atoms with van der Waals surface area (Å²) in [6.45, 7) is 1.98. The standard InChI is InChI=1S/C12H24N4O/c1-2-9(8-11(13)14)15-12(17)16-10-6-4-3-5-7-10/h9-10H,2-8H2,1H3,(H3,13,14)(H2,15,16,17). The van der Waals surface area contributed by atoms with Gasteiger partial charge in [-0.15, -0.1) is 0 Å². The van der Waals surface area contributed by atoms with Crippen molar-refractivity contribution in [1.82, 2.24) is 10.6 Å². The first-order valence-corrected chi connectivity index (χ1v) is 6.51. The Morgan fingerprint density at radius 1 is 1.41 bits per heavy atom. The number of nitrogens with two attached hydrogens (primary N) is 1. The molecule has 0 radical (unpaired) electrons. The zero-order valence-corrected chi connectivity index (χ0v) is 10.6. The maximum atomic E-state index is 11.7. The second-order valence-corrected chi connectivity index (χ2v) is 4.79. The summed E-state index contributed by atoms with van der Waals surface area (Å²) in [6.07, 6.45) is 7.06. The third-order valence-corrected chi connectivity index (χ3v) is 3.23. The largest absolute Gasteiger partial charge is 0.388 e. The molecule has 17 heavy (non-hydrogen) atoms. The third-order valence-electron chi connectivity index (χ3n) is 3.23. The molecule has 5 N–H and O–H groups in total. The maximum Gasteiger partial charge on any atom is 0.315 e. The quantitative estimate of drug-likeness (QED) is 0.435. The summed E-state index contributed by atoms with van der Waals surface area (Å²) in [7, 11) is 0. The predicted molar refractivity (Wildman–Crippen MR) is 69.2 cm³/mol. The highest BCUT2D eigenvalue weighted by Gasteiger charge is 2.17. The van der Waals surface area contributed by atoms with Gasteiger partial charge in [0.1, 0.15) is 0 Å². The summed E-state index contributed by atoms with van der Waals surface area (Å²) >= 11 is 0. The van der Waals surface area contributed by atoms with E-state index in [-0.39, 0.29) is 17.9 Å². The molecule has 1 saturated carbocycles.